The van der Waals surface area contributed by atoms with Crippen LogP contribution < -0.4 is 113 Å². The van der Waals surface area contributed by atoms with Crippen molar-refractivity contribution < 1.29 is 127 Å². The number of carboxylic acid groups (broad SMARTS) is 2. The first-order chi connectivity index (χ1) is 8.57. The smallest absolute Gasteiger partial charge is 0.548 e. The van der Waals surface area contributed by atoms with Gasteiger partial charge >= 0.3 is 103 Å². The first kappa shape index (κ1) is 27.0. The number of hydrogen-bond acceptors (Lipinski definition) is 5. The molecule has 0 aromatic heterocycles. The van der Waals surface area contributed by atoms with Crippen LogP contribution in [0.3, 0.4) is 0 Å². The molecule has 0 fully saturated rings. The summed E-state index contributed by atoms with van der Waals surface area (Å²) in [5, 5.41) is 20.8. The molecule has 20 heavy (non-hydrogen) atoms. The maximum atomic E-state index is 10.7. The Hall–Kier alpha value is 2.17. The molecule has 0 heterocycles. The average molecular weight is 337 g/mol. The van der Waals surface area contributed by atoms with Gasteiger partial charge in [-0.25, -0.2) is 0 Å². The third-order valence-electron chi connectivity index (χ3n) is 2.74. The fourth-order valence-electron chi connectivity index (χ4n) is 1.72. The molecule has 106 valence electrons. The van der Waals surface area contributed by atoms with E-state index in [0.29, 0.717) is 12.8 Å². The molecule has 0 aliphatic heterocycles. The van der Waals surface area contributed by atoms with E-state index >= 15 is 0 Å². The van der Waals surface area contributed by atoms with Crippen LogP contribution in [-0.4, -0.2) is 24.6 Å². The number of aliphatic carboxylic acids is 2. The third kappa shape index (κ3) is 18.2. The number of carboxylic acids is 2. The first-order valence-electron chi connectivity index (χ1n) is 6.60. The van der Waals surface area contributed by atoms with Gasteiger partial charge < -0.3 is 24.5 Å². The largest absolute Gasteiger partial charge is 1.00 e. The van der Waals surface area contributed by atoms with E-state index in [1.165, 1.54) is 19.3 Å². The summed E-state index contributed by atoms with van der Waals surface area (Å²) in [6, 6.07) is 0. The molecule has 0 aromatic rings. The molecule has 0 radical (unpaired) electrons. The molecule has 1 atom stereocenters. The predicted molar refractivity (Wildman–Crippen MR) is 62.4 cm³/mol. The van der Waals surface area contributed by atoms with Gasteiger partial charge in [0.1, 0.15) is 0 Å². The molecule has 0 aromatic carbocycles. The molecule has 0 aliphatic rings. The van der Waals surface area contributed by atoms with Gasteiger partial charge in [-0.05, 0) is 6.42 Å². The first-order valence-corrected chi connectivity index (χ1v) is 6.60. The monoisotopic (exact) mass is 336 g/mol. The molecule has 5 nitrogen and oxygen atoms in total. The summed E-state index contributed by atoms with van der Waals surface area (Å²) in [7, 11) is 0. The van der Waals surface area contributed by atoms with Gasteiger partial charge in [0.25, 0.3) is 0 Å². The van der Waals surface area contributed by atoms with Crippen LogP contribution >= 0.6 is 0 Å². The molecule has 0 aliphatic carbocycles. The summed E-state index contributed by atoms with van der Waals surface area (Å²) in [6.45, 7) is 1.45. The molecular weight excluding hydrogens is 314 g/mol. The van der Waals surface area contributed by atoms with Crippen LogP contribution in [-0.2, 0) is 14.3 Å². The number of unbranched alkanes of at least 4 members (excludes halogenated alkanes) is 6. The normalized spacial score (nSPS) is 11.1. The zero-order valence-corrected chi connectivity index (χ0v) is 19.2. The molecule has 0 bridgehead atoms. The summed E-state index contributed by atoms with van der Waals surface area (Å²) >= 11 is 0. The minimum Gasteiger partial charge on any atom is -0.548 e. The van der Waals surface area contributed by atoms with E-state index in [0.717, 1.165) is 19.3 Å². The Morgan fingerprint density at radius 1 is 0.950 bits per heavy atom. The van der Waals surface area contributed by atoms with Crippen LogP contribution in [0.5, 0.6) is 0 Å². The third-order valence-corrected chi connectivity index (χ3v) is 2.74. The summed E-state index contributed by atoms with van der Waals surface area (Å²) in [5.74, 6) is -2.77. The van der Waals surface area contributed by atoms with Crippen LogP contribution in [0.2, 0.25) is 0 Å². The van der Waals surface area contributed by atoms with Gasteiger partial charge in [0.05, 0.1) is 24.6 Å². The Morgan fingerprint density at radius 3 is 1.90 bits per heavy atom. The minimum atomic E-state index is -1.42. The number of rotatable bonds is 12. The van der Waals surface area contributed by atoms with Crippen LogP contribution in [0.25, 0.3) is 0 Å². The van der Waals surface area contributed by atoms with Crippen molar-refractivity contribution >= 4 is 11.9 Å². The van der Waals surface area contributed by atoms with Gasteiger partial charge in [0.2, 0.25) is 0 Å². The van der Waals surface area contributed by atoms with Gasteiger partial charge in [0, 0.05) is 0 Å². The molecule has 1 unspecified atom stereocenters. The van der Waals surface area contributed by atoms with Crippen molar-refractivity contribution in [3.8, 4) is 0 Å². The topological polar surface area (TPSA) is 89.5 Å². The molecule has 7 heteroatoms. The van der Waals surface area contributed by atoms with E-state index in [9.17, 15) is 19.8 Å². The zero-order chi connectivity index (χ0) is 13.8. The van der Waals surface area contributed by atoms with Gasteiger partial charge in [-0.1, -0.05) is 51.9 Å². The second-order valence-corrected chi connectivity index (χ2v) is 4.40. The van der Waals surface area contributed by atoms with Crippen molar-refractivity contribution in [1.29, 1.82) is 0 Å². The molecule has 0 rings (SSSR count). The minimum absolute atomic E-state index is 0. The van der Waals surface area contributed by atoms with E-state index in [1.807, 2.05) is 0 Å². The Balaban J connectivity index is -0.00000144. The fourth-order valence-corrected chi connectivity index (χ4v) is 1.72. The van der Waals surface area contributed by atoms with Crippen LogP contribution in [0.1, 0.15) is 58.3 Å². The molecular formula is C13H22K2O5. The van der Waals surface area contributed by atoms with E-state index in [4.69, 9.17) is 0 Å². The average Bonchev–Trinajstić information content (AvgIpc) is 2.31. The van der Waals surface area contributed by atoms with Crippen molar-refractivity contribution in [2.75, 3.05) is 6.61 Å². The molecule has 0 N–H and O–H groups in total. The SMILES string of the molecule is CCCCCCCCCC(OCC(=O)[O-])C(=O)[O-].[K+].[K+]. The van der Waals surface area contributed by atoms with Crippen molar-refractivity contribution in [3.05, 3.63) is 0 Å². The van der Waals surface area contributed by atoms with Gasteiger partial charge in [0.15, 0.2) is 0 Å². The second-order valence-electron chi connectivity index (χ2n) is 4.40. The Bertz CT molecular complexity index is 249. The Morgan fingerprint density at radius 2 is 1.45 bits per heavy atom. The summed E-state index contributed by atoms with van der Waals surface area (Å²) in [4.78, 5) is 20.8. The maximum absolute atomic E-state index is 10.7. The van der Waals surface area contributed by atoms with Crippen LogP contribution in [0.15, 0.2) is 0 Å². The fraction of sp³-hybridized carbons (Fsp3) is 0.846. The molecule has 0 saturated carbocycles. The molecule has 0 saturated heterocycles. The van der Waals surface area contributed by atoms with Crippen molar-refractivity contribution in [2.24, 2.45) is 0 Å². The van der Waals surface area contributed by atoms with E-state index < -0.39 is 24.6 Å². The predicted octanol–water partition coefficient (Wildman–Crippen LogP) is -5.98. The van der Waals surface area contributed by atoms with Gasteiger partial charge in [-0.3, -0.25) is 0 Å². The zero-order valence-electron chi connectivity index (χ0n) is 13.0. The quantitative estimate of drug-likeness (QED) is 0.261. The second kappa shape index (κ2) is 19.2. The Kier molecular flexibility index (Phi) is 26.0. The van der Waals surface area contributed by atoms with E-state index in [2.05, 4.69) is 11.7 Å². The van der Waals surface area contributed by atoms with Crippen LogP contribution in [0.4, 0.5) is 0 Å². The number of carbonyl (C=O) groups is 2. The maximum Gasteiger partial charge on any atom is 1.00 e. The van der Waals surface area contributed by atoms with Crippen molar-refractivity contribution in [3.63, 3.8) is 0 Å². The summed E-state index contributed by atoms with van der Waals surface area (Å²) < 4.78 is 4.69. The number of ether oxygens (including phenoxy) is 1. The van der Waals surface area contributed by atoms with Crippen LogP contribution in [0, 0.1) is 0 Å². The standard InChI is InChI=1S/C13H24O5.2K/c1-2-3-4-5-6-7-8-9-11(13(16)17)18-10-12(14)15;;/h11H,2-10H2,1H3,(H,14,15)(H,16,17);;/q;2*+1/p-2. The summed E-state index contributed by atoms with van der Waals surface area (Å²) in [6.07, 6.45) is 6.66. The Labute approximate surface area is 206 Å². The van der Waals surface area contributed by atoms with E-state index in [1.54, 1.807) is 0 Å². The molecule has 0 amide bonds. The van der Waals surface area contributed by atoms with Crippen molar-refractivity contribution in [1.82, 2.24) is 0 Å². The summed E-state index contributed by atoms with van der Waals surface area (Å²) in [5.41, 5.74) is 0. The molecule has 0 spiro atoms. The van der Waals surface area contributed by atoms with E-state index in [-0.39, 0.29) is 103 Å². The van der Waals surface area contributed by atoms with Crippen molar-refractivity contribution in [2.45, 2.75) is 64.4 Å². The van der Waals surface area contributed by atoms with Gasteiger partial charge in [-0.2, -0.15) is 0 Å². The number of hydrogen-bond donors (Lipinski definition) is 0. The van der Waals surface area contributed by atoms with Gasteiger partial charge in [-0.15, -0.1) is 0 Å². The number of carbonyl (C=O) groups excluding carboxylic acids is 2.